The van der Waals surface area contributed by atoms with E-state index < -0.39 is 113 Å². The quantitative estimate of drug-likeness (QED) is 0.131. The smallest absolute Gasteiger partial charge is 0.348 e. The summed E-state index contributed by atoms with van der Waals surface area (Å²) in [6.45, 7) is 8.61. The number of aliphatic hydroxyl groups excluding tert-OH is 1. The average Bonchev–Trinajstić information content (AvgIpc) is 4.24. The molecule has 9 unspecified atom stereocenters. The minimum Gasteiger partial charge on any atom is -0.462 e. The first-order valence-corrected chi connectivity index (χ1v) is 23.9. The molecule has 3 saturated carbocycles. The summed E-state index contributed by atoms with van der Waals surface area (Å²) in [4.78, 5) is 90.7. The maximum atomic E-state index is 15.8. The molecule has 7 aliphatic rings. The van der Waals surface area contributed by atoms with Gasteiger partial charge in [-0.2, -0.15) is 5.06 Å². The molecule has 0 radical (unpaired) electrons. The molecule has 17 nitrogen and oxygen atoms in total. The normalized spacial score (nSPS) is 29.9. The fraction of sp³-hybridized carbons (Fsp3) is 0.608. The average molecular weight is 942 g/mol. The Morgan fingerprint density at radius 1 is 0.941 bits per heavy atom. The Labute approximate surface area is 396 Å². The van der Waals surface area contributed by atoms with Gasteiger partial charge in [0, 0.05) is 49.6 Å². The first kappa shape index (κ1) is 47.8. The summed E-state index contributed by atoms with van der Waals surface area (Å²) in [5, 5.41) is 14.8. The van der Waals surface area contributed by atoms with Gasteiger partial charge in [-0.3, -0.25) is 24.0 Å². The zero-order valence-electron chi connectivity index (χ0n) is 39.6. The van der Waals surface area contributed by atoms with Crippen molar-refractivity contribution in [3.8, 4) is 0 Å². The van der Waals surface area contributed by atoms with Crippen molar-refractivity contribution in [2.45, 2.75) is 153 Å². The lowest BCUT2D eigenvalue weighted by molar-refractivity contribution is -0.235. The standard InChI is InChI=1S/C51H63N3O14/c1-48(2,3)65-38(57)23-21-34(27-55)52-44(58)35(24-30-10-8-7-9-11-30)53(6)47(61)50-25-36-39-40(67-51(66-39,32-17-18-32)33-19-20-33)42(50)68-54(41(50)45(59)63-36)26-31-14-12-29(13-15-31)16-22-37(56)64-43-46(60)62-28-49(43,4)5/h7-16,22,32-36,39-43,55H,17-21,23-28H2,1-6H3,(H,52,58). The van der Waals surface area contributed by atoms with Crippen molar-refractivity contribution in [1.82, 2.24) is 15.3 Å². The van der Waals surface area contributed by atoms with Crippen molar-refractivity contribution in [3.05, 3.63) is 77.4 Å². The Bertz CT molecular complexity index is 2290. The first-order chi connectivity index (χ1) is 32.3. The number of hydroxylamine groups is 2. The Hall–Kier alpha value is -5.20. The highest BCUT2D eigenvalue weighted by atomic mass is 16.8. The van der Waals surface area contributed by atoms with Gasteiger partial charge < -0.3 is 43.7 Å². The maximum Gasteiger partial charge on any atom is 0.348 e. The highest BCUT2D eigenvalue weighted by Gasteiger charge is 2.78. The van der Waals surface area contributed by atoms with Crippen LogP contribution in [0.15, 0.2) is 60.7 Å². The van der Waals surface area contributed by atoms with E-state index in [9.17, 15) is 29.1 Å². The number of likely N-dealkylation sites (N-methyl/N-ethyl adjacent to an activating group) is 1. The SMILES string of the molecule is CN(C(=O)C12CC3OC(=O)C1N(Cc1ccc(C=CC(=O)OC4C(=O)OCC4(C)C)cc1)OC2C1OC(C2CC2)(C2CC2)OC31)C(Cc1ccccc1)C(=O)NC(CO)CCC(=O)OC(C)(C)C. The Balaban J connectivity index is 0.993. The third-order valence-corrected chi connectivity index (χ3v) is 14.4. The molecule has 9 rings (SSSR count). The van der Waals surface area contributed by atoms with Gasteiger partial charge >= 0.3 is 23.9 Å². The molecule has 2 N–H and O–H groups in total. The predicted octanol–water partition coefficient (Wildman–Crippen LogP) is 3.96. The van der Waals surface area contributed by atoms with E-state index in [1.165, 1.54) is 16.0 Å². The van der Waals surface area contributed by atoms with Crippen LogP contribution in [-0.2, 0) is 75.0 Å². The largest absolute Gasteiger partial charge is 0.462 e. The van der Waals surface area contributed by atoms with Gasteiger partial charge in [0.25, 0.3) is 0 Å². The third kappa shape index (κ3) is 9.31. The molecule has 4 saturated heterocycles. The molecule has 68 heavy (non-hydrogen) atoms. The summed E-state index contributed by atoms with van der Waals surface area (Å²) in [7, 11) is 1.55. The van der Waals surface area contributed by atoms with Crippen LogP contribution in [0.2, 0.25) is 0 Å². The third-order valence-electron chi connectivity index (χ3n) is 14.4. The number of aliphatic hydroxyl groups is 1. The number of benzene rings is 2. The summed E-state index contributed by atoms with van der Waals surface area (Å²) < 4.78 is 36.2. The molecule has 17 heteroatoms. The first-order valence-electron chi connectivity index (χ1n) is 23.9. The molecule has 3 aliphatic carbocycles. The van der Waals surface area contributed by atoms with Gasteiger partial charge in [-0.15, -0.1) is 0 Å². The minimum absolute atomic E-state index is 0.0513. The Kier molecular flexibility index (Phi) is 12.9. The molecule has 9 atom stereocenters. The minimum atomic E-state index is -1.58. The van der Waals surface area contributed by atoms with Crippen molar-refractivity contribution in [3.63, 3.8) is 0 Å². The van der Waals surface area contributed by atoms with Crippen LogP contribution in [0.25, 0.3) is 6.08 Å². The van der Waals surface area contributed by atoms with Crippen LogP contribution >= 0.6 is 0 Å². The molecule has 2 bridgehead atoms. The van der Waals surface area contributed by atoms with Crippen LogP contribution in [0.4, 0.5) is 0 Å². The lowest BCUT2D eigenvalue weighted by Crippen LogP contribution is -2.70. The number of hydrogen-bond donors (Lipinski definition) is 2. The number of esters is 4. The van der Waals surface area contributed by atoms with Crippen LogP contribution in [0.1, 0.15) is 96.3 Å². The van der Waals surface area contributed by atoms with E-state index in [2.05, 4.69) is 5.32 Å². The fourth-order valence-corrected chi connectivity index (χ4v) is 10.7. The van der Waals surface area contributed by atoms with Crippen molar-refractivity contribution >= 4 is 41.8 Å². The summed E-state index contributed by atoms with van der Waals surface area (Å²) in [5.41, 5.74) is -0.775. The van der Waals surface area contributed by atoms with Crippen molar-refractivity contribution in [2.24, 2.45) is 22.7 Å². The number of nitrogens with zero attached hydrogens (tertiary/aromatic N) is 2. The van der Waals surface area contributed by atoms with E-state index in [0.717, 1.165) is 36.8 Å². The lowest BCUT2D eigenvalue weighted by Gasteiger charge is -2.50. The van der Waals surface area contributed by atoms with Gasteiger partial charge in [-0.1, -0.05) is 68.4 Å². The predicted molar refractivity (Wildman–Crippen MR) is 240 cm³/mol. The number of carbonyl (C=O) groups is 6. The van der Waals surface area contributed by atoms with E-state index >= 15 is 4.79 Å². The molecule has 0 aromatic heterocycles. The zero-order chi connectivity index (χ0) is 48.3. The van der Waals surface area contributed by atoms with Gasteiger partial charge in [0.05, 0.1) is 19.2 Å². The van der Waals surface area contributed by atoms with E-state index in [1.807, 2.05) is 42.5 Å². The van der Waals surface area contributed by atoms with Gasteiger partial charge in [-0.25, -0.2) is 9.59 Å². The summed E-state index contributed by atoms with van der Waals surface area (Å²) in [6.07, 6.45) is 2.51. The number of cyclic esters (lactones) is 1. The molecule has 4 heterocycles. The Morgan fingerprint density at radius 2 is 1.62 bits per heavy atom. The van der Waals surface area contributed by atoms with E-state index in [0.29, 0.717) is 5.56 Å². The number of carbonyl (C=O) groups excluding carboxylic acids is 6. The molecule has 2 aromatic rings. The van der Waals surface area contributed by atoms with Crippen molar-refractivity contribution < 1.29 is 67.1 Å². The molecule has 366 valence electrons. The summed E-state index contributed by atoms with van der Waals surface area (Å²) in [5.74, 6) is -3.96. The van der Waals surface area contributed by atoms with Crippen LogP contribution in [0.3, 0.4) is 0 Å². The number of amides is 2. The van der Waals surface area contributed by atoms with Gasteiger partial charge in [0.15, 0.2) is 11.8 Å². The Morgan fingerprint density at radius 3 is 2.24 bits per heavy atom. The van der Waals surface area contributed by atoms with Crippen LogP contribution in [-0.4, -0.2) is 131 Å². The second-order valence-corrected chi connectivity index (χ2v) is 21.3. The van der Waals surface area contributed by atoms with Gasteiger partial charge in [0.2, 0.25) is 17.9 Å². The molecule has 2 amide bonds. The van der Waals surface area contributed by atoms with E-state index in [1.54, 1.807) is 59.9 Å². The number of ether oxygens (including phenoxy) is 6. The topological polar surface area (TPSA) is 206 Å². The molecular weight excluding hydrogens is 879 g/mol. The lowest BCUT2D eigenvalue weighted by atomic mass is 9.62. The molecule has 4 aliphatic heterocycles. The highest BCUT2D eigenvalue weighted by molar-refractivity contribution is 5.96. The van der Waals surface area contributed by atoms with Crippen LogP contribution < -0.4 is 5.32 Å². The molecule has 2 aromatic carbocycles. The number of rotatable bonds is 17. The van der Waals surface area contributed by atoms with Crippen LogP contribution in [0, 0.1) is 22.7 Å². The van der Waals surface area contributed by atoms with Gasteiger partial charge in [-0.05, 0) is 75.6 Å². The number of nitrogens with one attached hydrogen (secondary N) is 1. The molecule has 7 fully saturated rings. The summed E-state index contributed by atoms with van der Waals surface area (Å²) in [6, 6.07) is 13.3. The van der Waals surface area contributed by atoms with Crippen molar-refractivity contribution in [1.29, 1.82) is 0 Å². The maximum absolute atomic E-state index is 15.8. The second-order valence-electron chi connectivity index (χ2n) is 21.3. The highest BCUT2D eigenvalue weighted by Crippen LogP contribution is 2.64. The number of fused-ring (bicyclic) bond motifs is 4. The monoisotopic (exact) mass is 941 g/mol. The van der Waals surface area contributed by atoms with Gasteiger partial charge in [0.1, 0.15) is 48.1 Å². The van der Waals surface area contributed by atoms with E-state index in [4.69, 9.17) is 33.3 Å². The molecular formula is C51H63N3O14. The number of hydrogen-bond acceptors (Lipinski definition) is 15. The summed E-state index contributed by atoms with van der Waals surface area (Å²) >= 11 is 0. The second kappa shape index (κ2) is 18.3. The fourth-order valence-electron chi connectivity index (χ4n) is 10.7. The van der Waals surface area contributed by atoms with Crippen LogP contribution in [0.5, 0.6) is 0 Å². The van der Waals surface area contributed by atoms with Crippen molar-refractivity contribution in [2.75, 3.05) is 20.3 Å². The van der Waals surface area contributed by atoms with E-state index in [-0.39, 0.29) is 50.7 Å². The zero-order valence-corrected chi connectivity index (χ0v) is 39.6. The molecule has 0 spiro atoms.